The first-order valence-corrected chi connectivity index (χ1v) is 8.32. The minimum Gasteiger partial charge on any atom is -0.322 e. The summed E-state index contributed by atoms with van der Waals surface area (Å²) >= 11 is 0. The first-order valence-electron chi connectivity index (χ1n) is 8.32. The molecule has 1 atom stereocenters. The van der Waals surface area contributed by atoms with Crippen molar-refractivity contribution in [2.75, 3.05) is 5.32 Å². The molecule has 2 heterocycles. The summed E-state index contributed by atoms with van der Waals surface area (Å²) in [4.78, 5) is 25.0. The van der Waals surface area contributed by atoms with Gasteiger partial charge in [0.05, 0.1) is 22.9 Å². The van der Waals surface area contributed by atoms with Gasteiger partial charge in [0.15, 0.2) is 5.82 Å². The van der Waals surface area contributed by atoms with E-state index in [4.69, 9.17) is 4.98 Å². The summed E-state index contributed by atoms with van der Waals surface area (Å²) < 4.78 is 1.88. The lowest BCUT2D eigenvalue weighted by Crippen LogP contribution is -2.07. The average molecular weight is 335 g/mol. The van der Waals surface area contributed by atoms with Crippen molar-refractivity contribution in [3.05, 3.63) is 55.3 Å². The molecule has 0 saturated carbocycles. The van der Waals surface area contributed by atoms with E-state index in [9.17, 15) is 4.79 Å². The highest BCUT2D eigenvalue weighted by molar-refractivity contribution is 6.00. The van der Waals surface area contributed by atoms with E-state index in [1.807, 2.05) is 29.0 Å². The van der Waals surface area contributed by atoms with Crippen molar-refractivity contribution in [2.24, 2.45) is 5.92 Å². The standard InChI is InChI=1S/C19H21N5O/c1-4-13(3)8-15-10-20-11-18(22-15)24-12-21-16-7-6-14(9-17(16)24)23-19(25)5-2/h5-7,9-13H,2,4,8H2,1,3H3,(H,23,25)/t13-/m0/s1. The second-order valence-corrected chi connectivity index (χ2v) is 6.10. The molecule has 0 saturated heterocycles. The molecule has 3 aromatic rings. The zero-order chi connectivity index (χ0) is 17.8. The molecule has 0 unspecified atom stereocenters. The molecule has 1 aromatic carbocycles. The van der Waals surface area contributed by atoms with Gasteiger partial charge in [-0.2, -0.15) is 0 Å². The molecule has 6 heteroatoms. The normalized spacial score (nSPS) is 12.1. The number of aromatic nitrogens is 4. The Hall–Kier alpha value is -3.02. The SMILES string of the molecule is C=CC(=O)Nc1ccc2ncn(-c3cncc(C[C@@H](C)CC)n3)c2c1. The number of benzene rings is 1. The van der Waals surface area contributed by atoms with Crippen molar-refractivity contribution in [1.29, 1.82) is 0 Å². The zero-order valence-electron chi connectivity index (χ0n) is 14.4. The Kier molecular flexibility index (Phi) is 4.88. The molecule has 0 spiro atoms. The summed E-state index contributed by atoms with van der Waals surface area (Å²) in [5.41, 5.74) is 3.33. The highest BCUT2D eigenvalue weighted by Crippen LogP contribution is 2.21. The number of fused-ring (bicyclic) bond motifs is 1. The van der Waals surface area contributed by atoms with E-state index in [0.717, 1.165) is 35.4 Å². The van der Waals surface area contributed by atoms with Gasteiger partial charge in [0.25, 0.3) is 0 Å². The number of carbonyl (C=O) groups is 1. The number of amides is 1. The highest BCUT2D eigenvalue weighted by atomic mass is 16.1. The molecule has 1 N–H and O–H groups in total. The van der Waals surface area contributed by atoms with Crippen molar-refractivity contribution in [2.45, 2.75) is 26.7 Å². The van der Waals surface area contributed by atoms with Gasteiger partial charge < -0.3 is 5.32 Å². The molecule has 0 aliphatic rings. The van der Waals surface area contributed by atoms with Crippen LogP contribution in [0.4, 0.5) is 5.69 Å². The maximum atomic E-state index is 11.5. The second kappa shape index (κ2) is 7.25. The van der Waals surface area contributed by atoms with E-state index in [0.29, 0.717) is 11.6 Å². The average Bonchev–Trinajstić information content (AvgIpc) is 3.05. The van der Waals surface area contributed by atoms with E-state index in [-0.39, 0.29) is 5.91 Å². The molecule has 6 nitrogen and oxygen atoms in total. The molecule has 1 amide bonds. The minimum atomic E-state index is -0.249. The van der Waals surface area contributed by atoms with Crippen LogP contribution < -0.4 is 5.32 Å². The maximum absolute atomic E-state index is 11.5. The van der Waals surface area contributed by atoms with Crippen molar-refractivity contribution >= 4 is 22.6 Å². The molecule has 2 aromatic heterocycles. The van der Waals surface area contributed by atoms with Crippen molar-refractivity contribution in [3.8, 4) is 5.82 Å². The van der Waals surface area contributed by atoms with Gasteiger partial charge in [-0.3, -0.25) is 14.3 Å². The van der Waals surface area contributed by atoms with Crippen LogP contribution in [0.3, 0.4) is 0 Å². The molecule has 3 rings (SSSR count). The third kappa shape index (κ3) is 3.74. The summed E-state index contributed by atoms with van der Waals surface area (Å²) in [5, 5.41) is 2.76. The van der Waals surface area contributed by atoms with E-state index >= 15 is 0 Å². The third-order valence-corrected chi connectivity index (χ3v) is 4.17. The second-order valence-electron chi connectivity index (χ2n) is 6.10. The highest BCUT2D eigenvalue weighted by Gasteiger charge is 2.10. The molecule has 0 radical (unpaired) electrons. The topological polar surface area (TPSA) is 72.7 Å². The van der Waals surface area contributed by atoms with Crippen LogP contribution >= 0.6 is 0 Å². The fourth-order valence-corrected chi connectivity index (χ4v) is 2.57. The number of rotatable bonds is 6. The quantitative estimate of drug-likeness (QED) is 0.700. The van der Waals surface area contributed by atoms with Crippen LogP contribution in [-0.4, -0.2) is 25.4 Å². The summed E-state index contributed by atoms with van der Waals surface area (Å²) in [7, 11) is 0. The van der Waals surface area contributed by atoms with E-state index < -0.39 is 0 Å². The number of imidazole rings is 1. The smallest absolute Gasteiger partial charge is 0.247 e. The lowest BCUT2D eigenvalue weighted by atomic mass is 10.0. The van der Waals surface area contributed by atoms with Gasteiger partial charge in [-0.1, -0.05) is 26.8 Å². The van der Waals surface area contributed by atoms with Crippen LogP contribution in [-0.2, 0) is 11.2 Å². The van der Waals surface area contributed by atoms with Gasteiger partial charge in [-0.15, -0.1) is 0 Å². The number of carbonyl (C=O) groups excluding carboxylic acids is 1. The molecule has 0 aliphatic heterocycles. The molecule has 128 valence electrons. The van der Waals surface area contributed by atoms with Crippen LogP contribution in [0.25, 0.3) is 16.9 Å². The first-order chi connectivity index (χ1) is 12.1. The van der Waals surface area contributed by atoms with Gasteiger partial charge in [0.1, 0.15) is 6.33 Å². The van der Waals surface area contributed by atoms with E-state index in [1.165, 1.54) is 6.08 Å². The molecular weight excluding hydrogens is 314 g/mol. The van der Waals surface area contributed by atoms with Gasteiger partial charge in [-0.25, -0.2) is 9.97 Å². The Morgan fingerprint density at radius 1 is 1.40 bits per heavy atom. The Bertz CT molecular complexity index is 915. The summed E-state index contributed by atoms with van der Waals surface area (Å²) in [6, 6.07) is 5.54. The van der Waals surface area contributed by atoms with Gasteiger partial charge >= 0.3 is 0 Å². The third-order valence-electron chi connectivity index (χ3n) is 4.17. The monoisotopic (exact) mass is 335 g/mol. The van der Waals surface area contributed by atoms with Crippen LogP contribution in [0, 0.1) is 5.92 Å². The molecule has 0 fully saturated rings. The van der Waals surface area contributed by atoms with E-state index in [1.54, 1.807) is 12.5 Å². The number of hydrogen-bond donors (Lipinski definition) is 1. The summed E-state index contributed by atoms with van der Waals surface area (Å²) in [6.45, 7) is 7.84. The first kappa shape index (κ1) is 16.8. The Morgan fingerprint density at radius 3 is 3.00 bits per heavy atom. The van der Waals surface area contributed by atoms with Gasteiger partial charge in [0, 0.05) is 11.9 Å². The predicted molar refractivity (Wildman–Crippen MR) is 98.6 cm³/mol. The predicted octanol–water partition coefficient (Wildman–Crippen LogP) is 3.53. The lowest BCUT2D eigenvalue weighted by Gasteiger charge is -2.09. The van der Waals surface area contributed by atoms with Gasteiger partial charge in [-0.05, 0) is 36.6 Å². The van der Waals surface area contributed by atoms with Crippen molar-refractivity contribution in [1.82, 2.24) is 19.5 Å². The summed E-state index contributed by atoms with van der Waals surface area (Å²) in [5.74, 6) is 1.03. The zero-order valence-corrected chi connectivity index (χ0v) is 14.4. The van der Waals surface area contributed by atoms with Crippen molar-refractivity contribution < 1.29 is 4.79 Å². The summed E-state index contributed by atoms with van der Waals surface area (Å²) in [6.07, 6.45) is 8.49. The molecule has 25 heavy (non-hydrogen) atoms. The van der Waals surface area contributed by atoms with Crippen LogP contribution in [0.1, 0.15) is 26.0 Å². The number of anilines is 1. The molecular formula is C19H21N5O. The fraction of sp³-hybridized carbons (Fsp3) is 0.263. The maximum Gasteiger partial charge on any atom is 0.247 e. The van der Waals surface area contributed by atoms with Gasteiger partial charge in [0.2, 0.25) is 5.91 Å². The van der Waals surface area contributed by atoms with E-state index in [2.05, 4.69) is 35.7 Å². The fourth-order valence-electron chi connectivity index (χ4n) is 2.57. The molecule has 0 aliphatic carbocycles. The largest absolute Gasteiger partial charge is 0.322 e. The molecule has 0 bridgehead atoms. The van der Waals surface area contributed by atoms with Crippen molar-refractivity contribution in [3.63, 3.8) is 0 Å². The number of hydrogen-bond acceptors (Lipinski definition) is 4. The van der Waals surface area contributed by atoms with Crippen LogP contribution in [0.15, 0.2) is 49.6 Å². The number of nitrogens with zero attached hydrogens (tertiary/aromatic N) is 4. The number of nitrogens with one attached hydrogen (secondary N) is 1. The minimum absolute atomic E-state index is 0.249. The lowest BCUT2D eigenvalue weighted by molar-refractivity contribution is -0.111. The Balaban J connectivity index is 1.98. The van der Waals surface area contributed by atoms with Crippen LogP contribution in [0.5, 0.6) is 0 Å². The Labute approximate surface area is 146 Å². The van der Waals surface area contributed by atoms with Crippen LogP contribution in [0.2, 0.25) is 0 Å². The Morgan fingerprint density at radius 2 is 2.24 bits per heavy atom.